The largest absolute Gasteiger partial charge is 0.329 e. The molecule has 2 N–H and O–H groups in total. The lowest BCUT2D eigenvalue weighted by molar-refractivity contribution is 0.189. The highest BCUT2D eigenvalue weighted by Gasteiger charge is 2.32. The zero-order chi connectivity index (χ0) is 15.4. The smallest absolute Gasteiger partial charge is 0.0670 e. The summed E-state index contributed by atoms with van der Waals surface area (Å²) in [6, 6.07) is 0.991. The first kappa shape index (κ1) is 16.5. The van der Waals surface area contributed by atoms with E-state index in [0.29, 0.717) is 18.6 Å². The Bertz CT molecular complexity index is 438. The van der Waals surface area contributed by atoms with Gasteiger partial charge in [-0.25, -0.2) is 0 Å². The van der Waals surface area contributed by atoms with Crippen LogP contribution in [-0.2, 0) is 13.5 Å². The highest BCUT2D eigenvalue weighted by atomic mass is 15.3. The van der Waals surface area contributed by atoms with Gasteiger partial charge in [0.15, 0.2) is 0 Å². The van der Waals surface area contributed by atoms with Crippen molar-refractivity contribution in [1.82, 2.24) is 19.6 Å². The molecule has 2 heterocycles. The Balaban J connectivity index is 2.12. The van der Waals surface area contributed by atoms with Crippen molar-refractivity contribution in [2.24, 2.45) is 12.8 Å². The number of rotatable bonds is 7. The fourth-order valence-corrected chi connectivity index (χ4v) is 3.67. The van der Waals surface area contributed by atoms with Crippen LogP contribution in [0.2, 0.25) is 0 Å². The fourth-order valence-electron chi connectivity index (χ4n) is 3.67. The normalized spacial score (nSPS) is 21.3. The molecule has 5 nitrogen and oxygen atoms in total. The summed E-state index contributed by atoms with van der Waals surface area (Å²) in [6.07, 6.45) is 4.38. The Kier molecular flexibility index (Phi) is 5.79. The highest BCUT2D eigenvalue weighted by Crippen LogP contribution is 2.28. The number of aryl methyl sites for hydroxylation is 2. The molecule has 0 saturated carbocycles. The van der Waals surface area contributed by atoms with Crippen LogP contribution in [0.5, 0.6) is 0 Å². The molecule has 120 valence electrons. The lowest BCUT2D eigenvalue weighted by Crippen LogP contribution is -2.39. The molecule has 1 aromatic heterocycles. The molecule has 0 radical (unpaired) electrons. The molecule has 1 aliphatic heterocycles. The molecule has 2 atom stereocenters. The van der Waals surface area contributed by atoms with Gasteiger partial charge in [0, 0.05) is 44.5 Å². The second-order valence-corrected chi connectivity index (χ2v) is 5.97. The van der Waals surface area contributed by atoms with Crippen molar-refractivity contribution in [3.05, 3.63) is 17.5 Å². The predicted octanol–water partition coefficient (Wildman–Crippen LogP) is 1.40. The Morgan fingerprint density at radius 3 is 2.67 bits per heavy atom. The molecule has 1 aliphatic rings. The van der Waals surface area contributed by atoms with E-state index in [9.17, 15) is 0 Å². The van der Waals surface area contributed by atoms with E-state index in [1.807, 2.05) is 11.7 Å². The molecule has 21 heavy (non-hydrogen) atoms. The summed E-state index contributed by atoms with van der Waals surface area (Å²) in [5.74, 6) is 0. The third-order valence-corrected chi connectivity index (χ3v) is 4.82. The average Bonchev–Trinajstić information content (AvgIpc) is 3.09. The highest BCUT2D eigenvalue weighted by molar-refractivity contribution is 5.22. The van der Waals surface area contributed by atoms with Crippen LogP contribution in [0.15, 0.2) is 6.20 Å². The number of hydrogen-bond donors (Lipinski definition) is 1. The second-order valence-electron chi connectivity index (χ2n) is 5.97. The van der Waals surface area contributed by atoms with Crippen LogP contribution in [0.1, 0.15) is 44.5 Å². The van der Waals surface area contributed by atoms with Gasteiger partial charge in [0.05, 0.1) is 11.7 Å². The van der Waals surface area contributed by atoms with Crippen LogP contribution < -0.4 is 5.73 Å². The quantitative estimate of drug-likeness (QED) is 0.825. The van der Waals surface area contributed by atoms with Crippen molar-refractivity contribution in [2.45, 2.75) is 45.7 Å². The van der Waals surface area contributed by atoms with Gasteiger partial charge in [0.2, 0.25) is 0 Å². The monoisotopic (exact) mass is 293 g/mol. The van der Waals surface area contributed by atoms with Crippen LogP contribution in [-0.4, -0.2) is 58.3 Å². The summed E-state index contributed by atoms with van der Waals surface area (Å²) in [5.41, 5.74) is 8.63. The zero-order valence-corrected chi connectivity index (χ0v) is 14.0. The van der Waals surface area contributed by atoms with Gasteiger partial charge in [-0.1, -0.05) is 20.8 Å². The number of nitrogens with two attached hydrogens (primary N) is 1. The van der Waals surface area contributed by atoms with Crippen molar-refractivity contribution < 1.29 is 0 Å². The topological polar surface area (TPSA) is 50.3 Å². The lowest BCUT2D eigenvalue weighted by atomic mass is 10.1. The van der Waals surface area contributed by atoms with Crippen molar-refractivity contribution in [3.8, 4) is 0 Å². The third-order valence-electron chi connectivity index (χ3n) is 4.82. The van der Waals surface area contributed by atoms with Gasteiger partial charge in [-0.15, -0.1) is 0 Å². The molecule has 0 spiro atoms. The van der Waals surface area contributed by atoms with Gasteiger partial charge >= 0.3 is 0 Å². The molecule has 2 rings (SSSR count). The first-order valence-electron chi connectivity index (χ1n) is 8.35. The maximum absolute atomic E-state index is 6.11. The molecule has 5 heteroatoms. The first-order valence-corrected chi connectivity index (χ1v) is 8.35. The lowest BCUT2D eigenvalue weighted by Gasteiger charge is -2.29. The van der Waals surface area contributed by atoms with Gasteiger partial charge in [0.1, 0.15) is 0 Å². The zero-order valence-electron chi connectivity index (χ0n) is 14.0. The summed E-state index contributed by atoms with van der Waals surface area (Å²) in [5, 5.41) is 4.58. The molecular formula is C16H31N5. The van der Waals surface area contributed by atoms with E-state index in [0.717, 1.165) is 32.6 Å². The molecular weight excluding hydrogens is 262 g/mol. The predicted molar refractivity (Wildman–Crippen MR) is 87.3 cm³/mol. The van der Waals surface area contributed by atoms with E-state index in [2.05, 4.69) is 41.9 Å². The van der Waals surface area contributed by atoms with E-state index in [4.69, 9.17) is 5.73 Å². The first-order chi connectivity index (χ1) is 10.1. The van der Waals surface area contributed by atoms with Crippen LogP contribution in [0, 0.1) is 0 Å². The Labute approximate surface area is 129 Å². The van der Waals surface area contributed by atoms with E-state index < -0.39 is 0 Å². The number of likely N-dealkylation sites (N-methyl/N-ethyl adjacent to an activating group) is 1. The Morgan fingerprint density at radius 1 is 1.38 bits per heavy atom. The minimum Gasteiger partial charge on any atom is -0.329 e. The van der Waals surface area contributed by atoms with Crippen molar-refractivity contribution in [1.29, 1.82) is 0 Å². The van der Waals surface area contributed by atoms with E-state index >= 15 is 0 Å². The maximum Gasteiger partial charge on any atom is 0.0670 e. The molecule has 0 aliphatic carbocycles. The van der Waals surface area contributed by atoms with E-state index in [1.165, 1.54) is 17.7 Å². The second kappa shape index (κ2) is 7.38. The van der Waals surface area contributed by atoms with Gasteiger partial charge in [-0.3, -0.25) is 14.5 Å². The van der Waals surface area contributed by atoms with Gasteiger partial charge < -0.3 is 5.73 Å². The standard InChI is InChI=1S/C16H31N5/c1-5-15-14(12-19(4)18-15)16(10-17)21-9-8-13(11-21)20(6-2)7-3/h12-13,16H,5-11,17H2,1-4H3. The average molecular weight is 293 g/mol. The SMILES string of the molecule is CCc1nn(C)cc1C(CN)N1CCC(N(CC)CC)C1. The van der Waals surface area contributed by atoms with Crippen LogP contribution in [0.4, 0.5) is 0 Å². The van der Waals surface area contributed by atoms with E-state index in [1.54, 1.807) is 0 Å². The summed E-state index contributed by atoms with van der Waals surface area (Å²) in [6.45, 7) is 11.9. The third kappa shape index (κ3) is 3.47. The van der Waals surface area contributed by atoms with Crippen molar-refractivity contribution >= 4 is 0 Å². The van der Waals surface area contributed by atoms with Gasteiger partial charge in [-0.2, -0.15) is 5.10 Å². The van der Waals surface area contributed by atoms with Crippen LogP contribution in [0.3, 0.4) is 0 Å². The molecule has 0 bridgehead atoms. The minimum atomic E-state index is 0.314. The molecule has 1 saturated heterocycles. The van der Waals surface area contributed by atoms with Crippen molar-refractivity contribution in [3.63, 3.8) is 0 Å². The maximum atomic E-state index is 6.11. The number of likely N-dealkylation sites (tertiary alicyclic amines) is 1. The Morgan fingerprint density at radius 2 is 2.10 bits per heavy atom. The van der Waals surface area contributed by atoms with Crippen LogP contribution >= 0.6 is 0 Å². The molecule has 1 aromatic rings. The van der Waals surface area contributed by atoms with E-state index in [-0.39, 0.29) is 0 Å². The van der Waals surface area contributed by atoms with Crippen molar-refractivity contribution in [2.75, 3.05) is 32.7 Å². The molecule has 0 aromatic carbocycles. The molecule has 0 amide bonds. The number of nitrogens with zero attached hydrogens (tertiary/aromatic N) is 4. The molecule has 1 fully saturated rings. The summed E-state index contributed by atoms with van der Waals surface area (Å²) in [4.78, 5) is 5.12. The Hall–Kier alpha value is -0.910. The number of aromatic nitrogens is 2. The van der Waals surface area contributed by atoms with Gasteiger partial charge in [0.25, 0.3) is 0 Å². The molecule has 2 unspecified atom stereocenters. The summed E-state index contributed by atoms with van der Waals surface area (Å²) >= 11 is 0. The summed E-state index contributed by atoms with van der Waals surface area (Å²) in [7, 11) is 2.00. The minimum absolute atomic E-state index is 0.314. The van der Waals surface area contributed by atoms with Gasteiger partial charge in [-0.05, 0) is 25.9 Å². The van der Waals surface area contributed by atoms with Crippen LogP contribution in [0.25, 0.3) is 0 Å². The fraction of sp³-hybridized carbons (Fsp3) is 0.812. The number of hydrogen-bond acceptors (Lipinski definition) is 4. The summed E-state index contributed by atoms with van der Waals surface area (Å²) < 4.78 is 1.93.